The van der Waals surface area contributed by atoms with Gasteiger partial charge in [-0.15, -0.1) is 21.5 Å². The number of amides is 1. The number of aromatic amines is 1. The Balaban J connectivity index is 0.947. The molecule has 308 valence electrons. The number of carbonyl (C=O) groups is 2. The summed E-state index contributed by atoms with van der Waals surface area (Å²) in [6.45, 7) is 7.64. The molecular weight excluding hydrogens is 823 g/mol. The number of carboxylic acid groups (broad SMARTS) is 1. The molecule has 0 saturated heterocycles. The van der Waals surface area contributed by atoms with E-state index in [1.165, 1.54) is 41.8 Å². The molecule has 1 amide bonds. The third-order valence-corrected chi connectivity index (χ3v) is 13.3. The van der Waals surface area contributed by atoms with Gasteiger partial charge in [0, 0.05) is 39.7 Å². The summed E-state index contributed by atoms with van der Waals surface area (Å²) in [7, 11) is -4.00. The highest BCUT2D eigenvalue weighted by atomic mass is 32.2. The fourth-order valence-corrected chi connectivity index (χ4v) is 9.78. The van der Waals surface area contributed by atoms with Crippen molar-refractivity contribution in [2.45, 2.75) is 51.5 Å². The quantitative estimate of drug-likeness (QED) is 0.100. The number of H-pyrrole nitrogens is 1. The Bertz CT molecular complexity index is 3110. The molecule has 13 nitrogen and oxygen atoms in total. The lowest BCUT2D eigenvalue weighted by atomic mass is 9.96. The molecule has 4 heterocycles. The normalized spacial score (nSPS) is 13.5. The first-order valence-corrected chi connectivity index (χ1v) is 21.3. The number of fused-ring (bicyclic) bond motifs is 4. The van der Waals surface area contributed by atoms with E-state index in [9.17, 15) is 28.4 Å². The van der Waals surface area contributed by atoms with Gasteiger partial charge in [0.1, 0.15) is 22.9 Å². The van der Waals surface area contributed by atoms with Crippen molar-refractivity contribution >= 4 is 55.5 Å². The largest absolute Gasteiger partial charge is 0.481 e. The number of sulfonamides is 1. The van der Waals surface area contributed by atoms with Gasteiger partial charge in [-0.3, -0.25) is 23.9 Å². The van der Waals surface area contributed by atoms with Crippen LogP contribution in [0.25, 0.3) is 27.0 Å². The van der Waals surface area contributed by atoms with E-state index >= 15 is 8.78 Å². The molecule has 0 saturated carbocycles. The van der Waals surface area contributed by atoms with Crippen LogP contribution in [0, 0.1) is 50.7 Å². The predicted octanol–water partition coefficient (Wildman–Crippen LogP) is 8.00. The van der Waals surface area contributed by atoms with E-state index < -0.39 is 45.1 Å². The van der Waals surface area contributed by atoms with Crippen LogP contribution in [0.3, 0.4) is 0 Å². The number of hydrogen-bond acceptors (Lipinski definition) is 9. The number of halogens is 2. The topological polar surface area (TPSA) is 195 Å². The summed E-state index contributed by atoms with van der Waals surface area (Å²) in [6, 6.07) is 19.9. The standard InChI is InChI=1S/C44H36F2N8O5S2/c1-22-5-16-33(41-36(22)29(20-47)21-49-41)53-61(58,59)30-12-6-26(7-13-30)17-18-48-43(57)32-15-14-31(38(45)39(32)46)27-8-10-28(11-9-27)40-37-23(2)24(3)60-44(37)54-25(4)51-52-42(54)34(50-40)19-35(55)56/h5-16,21,34,49,53H,17-19H2,1-4H3,(H,48,57)(H,55,56)/t34-/m0/s1. The van der Waals surface area contributed by atoms with E-state index in [1.54, 1.807) is 55.5 Å². The fraction of sp³-hybridized carbons (Fsp3) is 0.182. The highest BCUT2D eigenvalue weighted by Crippen LogP contribution is 2.40. The molecule has 8 rings (SSSR count). The molecule has 0 radical (unpaired) electrons. The molecule has 3 aromatic heterocycles. The number of nitriles is 1. The molecule has 61 heavy (non-hydrogen) atoms. The molecular formula is C44H36F2N8O5S2. The maximum atomic E-state index is 15.7. The smallest absolute Gasteiger partial charge is 0.306 e. The lowest BCUT2D eigenvalue weighted by molar-refractivity contribution is -0.137. The molecule has 7 aromatic rings. The second-order valence-electron chi connectivity index (χ2n) is 14.6. The van der Waals surface area contributed by atoms with Crippen LogP contribution in [-0.4, -0.2) is 57.4 Å². The Labute approximate surface area is 352 Å². The third kappa shape index (κ3) is 7.44. The van der Waals surface area contributed by atoms with Crippen LogP contribution in [0.1, 0.15) is 72.7 Å². The summed E-state index contributed by atoms with van der Waals surface area (Å²) in [5, 5.41) is 31.7. The summed E-state index contributed by atoms with van der Waals surface area (Å²) in [4.78, 5) is 33.8. The van der Waals surface area contributed by atoms with Crippen molar-refractivity contribution in [2.75, 3.05) is 11.3 Å². The van der Waals surface area contributed by atoms with Gasteiger partial charge in [0.2, 0.25) is 0 Å². The zero-order valence-corrected chi connectivity index (χ0v) is 34.7. The Morgan fingerprint density at radius 3 is 2.38 bits per heavy atom. The number of aliphatic carboxylic acids is 1. The van der Waals surface area contributed by atoms with Crippen LogP contribution in [0.2, 0.25) is 0 Å². The van der Waals surface area contributed by atoms with Crippen LogP contribution in [0.5, 0.6) is 0 Å². The first-order chi connectivity index (χ1) is 29.2. The lowest BCUT2D eigenvalue weighted by Crippen LogP contribution is -2.27. The highest BCUT2D eigenvalue weighted by molar-refractivity contribution is 7.92. The van der Waals surface area contributed by atoms with Gasteiger partial charge >= 0.3 is 5.97 Å². The van der Waals surface area contributed by atoms with Crippen molar-refractivity contribution < 1.29 is 31.9 Å². The summed E-state index contributed by atoms with van der Waals surface area (Å²) in [6.07, 6.45) is 1.49. The average molecular weight is 859 g/mol. The molecule has 0 unspecified atom stereocenters. The molecule has 1 aliphatic rings. The second kappa shape index (κ2) is 15.9. The number of carbonyl (C=O) groups excluding carboxylic acids is 1. The first kappa shape index (κ1) is 40.7. The van der Waals surface area contributed by atoms with Gasteiger partial charge in [-0.25, -0.2) is 17.2 Å². The van der Waals surface area contributed by atoms with Crippen molar-refractivity contribution in [3.63, 3.8) is 0 Å². The molecule has 4 aromatic carbocycles. The summed E-state index contributed by atoms with van der Waals surface area (Å²) in [5.41, 5.74) is 5.48. The number of thiophene rings is 1. The van der Waals surface area contributed by atoms with Gasteiger partial charge in [0.25, 0.3) is 15.9 Å². The average Bonchev–Trinajstić information content (AvgIpc) is 3.91. The molecule has 0 fully saturated rings. The number of nitrogens with one attached hydrogen (secondary N) is 3. The minimum absolute atomic E-state index is 0.00101. The SMILES string of the molecule is Cc1sc2c(c1C)C(c1ccc(-c3ccc(C(=O)NCCc4ccc(S(=O)(=O)Nc5ccc(C)c6c(C#N)c[nH]c56)cc4)c(F)c3F)cc1)=N[C@@H](CC(=O)O)c1nnc(C)n1-2. The van der Waals surface area contributed by atoms with Crippen molar-refractivity contribution in [3.8, 4) is 22.2 Å². The molecule has 4 N–H and O–H groups in total. The molecule has 1 atom stereocenters. The number of hydrogen-bond donors (Lipinski definition) is 4. The Morgan fingerprint density at radius 1 is 0.951 bits per heavy atom. The Hall–Kier alpha value is -7.03. The molecule has 1 aliphatic heterocycles. The predicted molar refractivity (Wildman–Crippen MR) is 227 cm³/mol. The Kier molecular flexibility index (Phi) is 10.6. The van der Waals surface area contributed by atoms with E-state index in [-0.39, 0.29) is 29.8 Å². The maximum Gasteiger partial charge on any atom is 0.306 e. The number of anilines is 1. The number of aromatic nitrogens is 4. The second-order valence-corrected chi connectivity index (χ2v) is 17.5. The van der Waals surface area contributed by atoms with Crippen molar-refractivity contribution in [1.82, 2.24) is 25.1 Å². The molecule has 17 heteroatoms. The van der Waals surface area contributed by atoms with E-state index in [0.29, 0.717) is 56.2 Å². The van der Waals surface area contributed by atoms with Crippen LogP contribution in [0.15, 0.2) is 88.9 Å². The van der Waals surface area contributed by atoms with Crippen molar-refractivity contribution in [2.24, 2.45) is 4.99 Å². The van der Waals surface area contributed by atoms with Gasteiger partial charge in [0.05, 0.1) is 39.4 Å². The molecule has 0 aliphatic carbocycles. The fourth-order valence-electron chi connectivity index (χ4n) is 7.49. The maximum absolute atomic E-state index is 15.7. The minimum Gasteiger partial charge on any atom is -0.481 e. The van der Waals surface area contributed by atoms with Crippen LogP contribution < -0.4 is 10.0 Å². The van der Waals surface area contributed by atoms with Gasteiger partial charge in [-0.1, -0.05) is 48.5 Å². The van der Waals surface area contributed by atoms with Gasteiger partial charge in [0.15, 0.2) is 17.5 Å². The Morgan fingerprint density at radius 2 is 1.67 bits per heavy atom. The lowest BCUT2D eigenvalue weighted by Gasteiger charge is -2.13. The highest BCUT2D eigenvalue weighted by Gasteiger charge is 2.32. The number of rotatable bonds is 11. The summed E-state index contributed by atoms with van der Waals surface area (Å²) in [5.74, 6) is -3.37. The third-order valence-electron chi connectivity index (χ3n) is 10.7. The number of carboxylic acids is 1. The number of aliphatic imine (C=N–C) groups is 1. The van der Waals surface area contributed by atoms with Crippen molar-refractivity contribution in [1.29, 1.82) is 5.26 Å². The van der Waals surface area contributed by atoms with E-state index in [2.05, 4.69) is 31.3 Å². The number of nitrogens with zero attached hydrogens (tertiary/aromatic N) is 5. The van der Waals surface area contributed by atoms with E-state index in [1.807, 2.05) is 25.3 Å². The van der Waals surface area contributed by atoms with E-state index in [4.69, 9.17) is 4.99 Å². The van der Waals surface area contributed by atoms with Gasteiger partial charge < -0.3 is 15.4 Å². The van der Waals surface area contributed by atoms with E-state index in [0.717, 1.165) is 26.6 Å². The zero-order valence-electron chi connectivity index (χ0n) is 33.1. The minimum atomic E-state index is -4.00. The van der Waals surface area contributed by atoms with Crippen LogP contribution in [0.4, 0.5) is 14.5 Å². The van der Waals surface area contributed by atoms with Crippen LogP contribution >= 0.6 is 11.3 Å². The molecule has 0 bridgehead atoms. The molecule has 0 spiro atoms. The monoisotopic (exact) mass is 858 g/mol. The van der Waals surface area contributed by atoms with Gasteiger partial charge in [-0.05, 0) is 80.6 Å². The number of benzene rings is 4. The van der Waals surface area contributed by atoms with Crippen LogP contribution in [-0.2, 0) is 21.2 Å². The first-order valence-electron chi connectivity index (χ1n) is 19.0. The zero-order chi connectivity index (χ0) is 43.3. The van der Waals surface area contributed by atoms with Gasteiger partial charge in [-0.2, -0.15) is 5.26 Å². The number of aryl methyl sites for hydroxylation is 3. The summed E-state index contributed by atoms with van der Waals surface area (Å²) >= 11 is 1.53. The summed E-state index contributed by atoms with van der Waals surface area (Å²) < 4.78 is 62.0. The van der Waals surface area contributed by atoms with Crippen molar-refractivity contribution in [3.05, 3.63) is 146 Å².